The third-order valence-electron chi connectivity index (χ3n) is 4.57. The molecule has 0 radical (unpaired) electrons. The first-order chi connectivity index (χ1) is 9.66. The van der Waals surface area contributed by atoms with Crippen LogP contribution in [0.15, 0.2) is 0 Å². The molecule has 1 saturated carbocycles. The summed E-state index contributed by atoms with van der Waals surface area (Å²) in [5.41, 5.74) is 0. The fraction of sp³-hybridized carbons (Fsp3) is 0.786. The summed E-state index contributed by atoms with van der Waals surface area (Å²) in [5.74, 6) is -1.35. The maximum absolute atomic E-state index is 12.5. The Hall–Kier alpha value is -1.43. The summed E-state index contributed by atoms with van der Waals surface area (Å²) in [6.45, 7) is 0.945. The second kappa shape index (κ2) is 5.52. The summed E-state index contributed by atoms with van der Waals surface area (Å²) >= 11 is 0. The van der Waals surface area contributed by atoms with Gasteiger partial charge in [-0.15, -0.1) is 0 Å². The molecule has 6 heteroatoms. The van der Waals surface area contributed by atoms with Crippen LogP contribution in [0.4, 0.5) is 4.79 Å². The molecule has 110 valence electrons. The summed E-state index contributed by atoms with van der Waals surface area (Å²) < 4.78 is 5.48. The lowest BCUT2D eigenvalue weighted by atomic mass is 9.87. The molecule has 3 rings (SSSR count). The summed E-state index contributed by atoms with van der Waals surface area (Å²) in [5, 5.41) is 2.33. The minimum atomic E-state index is -0.684. The molecule has 2 aliphatic heterocycles. The summed E-state index contributed by atoms with van der Waals surface area (Å²) in [6, 6.07) is -0.593. The van der Waals surface area contributed by atoms with E-state index in [2.05, 4.69) is 5.32 Å². The molecule has 4 amide bonds. The van der Waals surface area contributed by atoms with Crippen molar-refractivity contribution in [3.8, 4) is 0 Å². The van der Waals surface area contributed by atoms with Gasteiger partial charge in [-0.25, -0.2) is 4.79 Å². The van der Waals surface area contributed by atoms with E-state index in [4.69, 9.17) is 4.74 Å². The van der Waals surface area contributed by atoms with Crippen molar-refractivity contribution in [2.75, 3.05) is 13.2 Å². The van der Waals surface area contributed by atoms with Crippen molar-refractivity contribution in [3.05, 3.63) is 0 Å². The van der Waals surface area contributed by atoms with E-state index < -0.39 is 17.9 Å². The quantitative estimate of drug-likeness (QED) is 0.784. The molecule has 2 atom stereocenters. The van der Waals surface area contributed by atoms with Crippen LogP contribution in [-0.4, -0.2) is 42.0 Å². The lowest BCUT2D eigenvalue weighted by molar-refractivity contribution is -0.146. The summed E-state index contributed by atoms with van der Waals surface area (Å²) in [4.78, 5) is 37.5. The Morgan fingerprint density at radius 3 is 2.50 bits per heavy atom. The van der Waals surface area contributed by atoms with Crippen molar-refractivity contribution in [1.82, 2.24) is 10.2 Å². The molecule has 1 N–H and O–H groups in total. The van der Waals surface area contributed by atoms with E-state index in [1.165, 1.54) is 4.90 Å². The maximum atomic E-state index is 12.5. The van der Waals surface area contributed by atoms with E-state index in [9.17, 15) is 14.4 Å². The second-order valence-corrected chi connectivity index (χ2v) is 5.90. The number of ether oxygens (including phenoxy) is 1. The first kappa shape index (κ1) is 13.5. The molecule has 0 aromatic heterocycles. The maximum Gasteiger partial charge on any atom is 0.330 e. The van der Waals surface area contributed by atoms with E-state index >= 15 is 0 Å². The van der Waals surface area contributed by atoms with Gasteiger partial charge in [0.15, 0.2) is 0 Å². The largest absolute Gasteiger partial charge is 0.376 e. The zero-order chi connectivity index (χ0) is 14.1. The van der Waals surface area contributed by atoms with E-state index in [1.54, 1.807) is 0 Å². The zero-order valence-electron chi connectivity index (χ0n) is 11.5. The third kappa shape index (κ3) is 2.44. The Labute approximate surface area is 117 Å². The van der Waals surface area contributed by atoms with Gasteiger partial charge >= 0.3 is 6.03 Å². The Bertz CT molecular complexity index is 425. The van der Waals surface area contributed by atoms with Gasteiger partial charge in [0, 0.05) is 6.61 Å². The predicted molar refractivity (Wildman–Crippen MR) is 69.7 cm³/mol. The normalized spacial score (nSPS) is 32.0. The molecule has 3 aliphatic rings. The second-order valence-electron chi connectivity index (χ2n) is 5.90. The molecule has 0 aromatic carbocycles. The SMILES string of the molecule is O=C1NC(=O)N(CC2CCCO2)C(=O)C1C1CCCC1. The predicted octanol–water partition coefficient (Wildman–Crippen LogP) is 1.05. The van der Waals surface area contributed by atoms with Crippen LogP contribution in [0.2, 0.25) is 0 Å². The van der Waals surface area contributed by atoms with Gasteiger partial charge in [0.05, 0.1) is 12.6 Å². The highest BCUT2D eigenvalue weighted by Gasteiger charge is 2.45. The number of hydrogen-bond acceptors (Lipinski definition) is 4. The lowest BCUT2D eigenvalue weighted by Gasteiger charge is -2.33. The Morgan fingerprint density at radius 1 is 1.10 bits per heavy atom. The molecular formula is C14H20N2O4. The molecule has 0 bridgehead atoms. The fourth-order valence-corrected chi connectivity index (χ4v) is 3.50. The number of hydrogen-bond donors (Lipinski definition) is 1. The van der Waals surface area contributed by atoms with Crippen LogP contribution >= 0.6 is 0 Å². The highest BCUT2D eigenvalue weighted by atomic mass is 16.5. The van der Waals surface area contributed by atoms with Gasteiger partial charge in [0.1, 0.15) is 5.92 Å². The number of nitrogens with one attached hydrogen (secondary N) is 1. The Balaban J connectivity index is 1.73. The number of urea groups is 1. The first-order valence-electron chi connectivity index (χ1n) is 7.44. The summed E-state index contributed by atoms with van der Waals surface area (Å²) in [6.07, 6.45) is 5.64. The Kier molecular flexibility index (Phi) is 3.74. The minimum absolute atomic E-state index is 0.0814. The van der Waals surface area contributed by atoms with E-state index in [0.29, 0.717) is 6.61 Å². The molecule has 1 aliphatic carbocycles. The van der Waals surface area contributed by atoms with E-state index in [-0.39, 0.29) is 24.5 Å². The average Bonchev–Trinajstić information content (AvgIpc) is 3.07. The van der Waals surface area contributed by atoms with Gasteiger partial charge in [0.2, 0.25) is 11.8 Å². The molecule has 20 heavy (non-hydrogen) atoms. The number of imide groups is 2. The van der Waals surface area contributed by atoms with Gasteiger partial charge in [-0.05, 0) is 31.6 Å². The number of rotatable bonds is 3. The van der Waals surface area contributed by atoms with Crippen molar-refractivity contribution in [1.29, 1.82) is 0 Å². The third-order valence-corrected chi connectivity index (χ3v) is 4.57. The lowest BCUT2D eigenvalue weighted by Crippen LogP contribution is -2.60. The summed E-state index contributed by atoms with van der Waals surface area (Å²) in [7, 11) is 0. The van der Waals surface area contributed by atoms with Crippen molar-refractivity contribution < 1.29 is 19.1 Å². The van der Waals surface area contributed by atoms with Crippen LogP contribution in [0.25, 0.3) is 0 Å². The van der Waals surface area contributed by atoms with Crippen LogP contribution in [0.1, 0.15) is 38.5 Å². The molecule has 2 saturated heterocycles. The van der Waals surface area contributed by atoms with E-state index in [1.807, 2.05) is 0 Å². The average molecular weight is 280 g/mol. The monoisotopic (exact) mass is 280 g/mol. The highest BCUT2D eigenvalue weighted by Crippen LogP contribution is 2.34. The van der Waals surface area contributed by atoms with Crippen LogP contribution < -0.4 is 5.32 Å². The topological polar surface area (TPSA) is 75.7 Å². The Morgan fingerprint density at radius 2 is 1.85 bits per heavy atom. The smallest absolute Gasteiger partial charge is 0.330 e. The fourth-order valence-electron chi connectivity index (χ4n) is 3.50. The number of carbonyl (C=O) groups excluding carboxylic acids is 3. The van der Waals surface area contributed by atoms with Gasteiger partial charge in [-0.3, -0.25) is 19.8 Å². The van der Waals surface area contributed by atoms with Crippen LogP contribution in [0.5, 0.6) is 0 Å². The molecule has 2 unspecified atom stereocenters. The number of amides is 4. The van der Waals surface area contributed by atoms with Crippen LogP contribution in [0, 0.1) is 11.8 Å². The van der Waals surface area contributed by atoms with Crippen LogP contribution in [-0.2, 0) is 14.3 Å². The number of nitrogens with zero attached hydrogens (tertiary/aromatic N) is 1. The van der Waals surface area contributed by atoms with Crippen molar-refractivity contribution >= 4 is 17.8 Å². The van der Waals surface area contributed by atoms with Crippen LogP contribution in [0.3, 0.4) is 0 Å². The zero-order valence-corrected chi connectivity index (χ0v) is 11.5. The molecule has 2 heterocycles. The molecule has 6 nitrogen and oxygen atoms in total. The molecule has 0 spiro atoms. The first-order valence-corrected chi connectivity index (χ1v) is 7.44. The van der Waals surface area contributed by atoms with E-state index in [0.717, 1.165) is 38.5 Å². The molecule has 3 fully saturated rings. The van der Waals surface area contributed by atoms with Crippen molar-refractivity contribution in [2.24, 2.45) is 11.8 Å². The molecular weight excluding hydrogens is 260 g/mol. The molecule has 0 aromatic rings. The highest BCUT2D eigenvalue weighted by molar-refractivity contribution is 6.16. The van der Waals surface area contributed by atoms with Gasteiger partial charge in [-0.2, -0.15) is 0 Å². The van der Waals surface area contributed by atoms with Gasteiger partial charge in [0.25, 0.3) is 0 Å². The number of carbonyl (C=O) groups is 3. The van der Waals surface area contributed by atoms with Gasteiger partial charge < -0.3 is 4.74 Å². The van der Waals surface area contributed by atoms with Crippen molar-refractivity contribution in [3.63, 3.8) is 0 Å². The van der Waals surface area contributed by atoms with Gasteiger partial charge in [-0.1, -0.05) is 12.8 Å². The van der Waals surface area contributed by atoms with Crippen molar-refractivity contribution in [2.45, 2.75) is 44.6 Å². The number of barbiturate groups is 1. The standard InChI is InChI=1S/C14H20N2O4/c17-12-11(9-4-1-2-5-9)13(18)16(14(19)15-12)8-10-6-3-7-20-10/h9-11H,1-8H2,(H,15,17,19). The minimum Gasteiger partial charge on any atom is -0.376 e.